The van der Waals surface area contributed by atoms with Crippen molar-refractivity contribution in [3.63, 3.8) is 0 Å². The molecule has 0 bridgehead atoms. The highest BCUT2D eigenvalue weighted by atomic mass is 35.5. The molecular formula is C37H28ClN11O13S4. The first-order valence-electron chi connectivity index (χ1n) is 18.0. The van der Waals surface area contributed by atoms with Crippen molar-refractivity contribution in [3.05, 3.63) is 108 Å². The van der Waals surface area contributed by atoms with Gasteiger partial charge in [-0.3, -0.25) is 18.2 Å². The number of nitrogens with two attached hydrogens (primary N) is 1. The van der Waals surface area contributed by atoms with Crippen molar-refractivity contribution in [1.29, 1.82) is 0 Å². The number of rotatable bonds is 13. The van der Waals surface area contributed by atoms with Gasteiger partial charge in [-0.2, -0.15) is 64.0 Å². The molecule has 0 aliphatic heterocycles. The molecule has 7 rings (SSSR count). The number of hydrogen-bond donors (Lipinski definition) is 8. The molecular weight excluding hydrogens is 970 g/mol. The summed E-state index contributed by atoms with van der Waals surface area (Å²) in [5.74, 6) is -0.146. The summed E-state index contributed by atoms with van der Waals surface area (Å²) in [6.45, 7) is 1.66. The summed E-state index contributed by atoms with van der Waals surface area (Å²) in [7, 11) is -19.5. The standard InChI is InChI=1S/C37H28ClN11O13S4/c1-18-12-19(8-10-27(18)48-46-21-13-25-23(32(16-21)65(57,58)59)4-2-6-30(25)63(51,52)53)40-36-43-34(38)44-37(45-36)41-20-9-11-28(29(15-20)42-35(39)50)49-47-22-14-26-24(33(17-22)66(60,61)62)5-3-7-31(26)64(54,55)56/h2-17H,1H3,(H3,39,42,50)(H,51,52,53)(H,54,55,56)(H,57,58,59)(H,60,61,62)(H2,40,41,43,44,45)/b48-46+,49-47+. The zero-order chi connectivity index (χ0) is 47.9. The van der Waals surface area contributed by atoms with Crippen LogP contribution >= 0.6 is 11.6 Å². The monoisotopic (exact) mass is 997 g/mol. The van der Waals surface area contributed by atoms with E-state index >= 15 is 0 Å². The average molecular weight is 998 g/mol. The Hall–Kier alpha value is -7.15. The van der Waals surface area contributed by atoms with Crippen LogP contribution in [-0.4, -0.2) is 72.9 Å². The minimum absolute atomic E-state index is 0.0424. The van der Waals surface area contributed by atoms with Crippen LogP contribution in [-0.2, 0) is 40.5 Å². The number of azo groups is 2. The van der Waals surface area contributed by atoms with Gasteiger partial charge >= 0.3 is 6.03 Å². The molecule has 24 nitrogen and oxygen atoms in total. The Balaban J connectivity index is 1.13. The lowest BCUT2D eigenvalue weighted by Gasteiger charge is -2.12. The number of carbonyl (C=O) groups excluding carboxylic acids is 1. The number of aryl methyl sites for hydroxylation is 1. The molecule has 0 saturated carbocycles. The summed E-state index contributed by atoms with van der Waals surface area (Å²) in [5.41, 5.74) is 6.31. The number of aromatic nitrogens is 3. The van der Waals surface area contributed by atoms with Gasteiger partial charge in [-0.25, -0.2) is 4.79 Å². The van der Waals surface area contributed by atoms with Crippen molar-refractivity contribution < 1.29 is 56.7 Å². The second-order valence-corrected chi connectivity index (χ2v) is 19.5. The molecule has 1 heterocycles. The Labute approximate surface area is 377 Å². The lowest BCUT2D eigenvalue weighted by Crippen LogP contribution is -2.19. The normalized spacial score (nSPS) is 12.6. The minimum Gasteiger partial charge on any atom is -0.351 e. The number of anilines is 5. The van der Waals surface area contributed by atoms with Crippen LogP contribution in [0.5, 0.6) is 0 Å². The van der Waals surface area contributed by atoms with Gasteiger partial charge in [-0.1, -0.05) is 24.3 Å². The Morgan fingerprint density at radius 3 is 1.42 bits per heavy atom. The number of benzene rings is 6. The fraction of sp³-hybridized carbons (Fsp3) is 0.0270. The van der Waals surface area contributed by atoms with Crippen LogP contribution in [0.3, 0.4) is 0 Å². The van der Waals surface area contributed by atoms with E-state index in [-0.39, 0.29) is 72.8 Å². The predicted octanol–water partition coefficient (Wildman–Crippen LogP) is 7.94. The van der Waals surface area contributed by atoms with E-state index in [2.05, 4.69) is 51.4 Å². The molecule has 0 fully saturated rings. The fourth-order valence-corrected chi connectivity index (χ4v) is 9.34. The highest BCUT2D eigenvalue weighted by molar-refractivity contribution is 7.87. The third-order valence-electron chi connectivity index (χ3n) is 9.04. The predicted molar refractivity (Wildman–Crippen MR) is 238 cm³/mol. The SMILES string of the molecule is Cc1cc(Nc2nc(Cl)nc(Nc3ccc(/N=N/c4cc(S(=O)(=O)O)c5cccc(S(=O)(=O)O)c5c4)c(NC(N)=O)c3)n2)ccc1/N=N/c1cc(S(=O)(=O)O)c2cccc(S(=O)(=O)O)c2c1. The van der Waals surface area contributed by atoms with Crippen LogP contribution in [0.1, 0.15) is 5.56 Å². The third kappa shape index (κ3) is 10.7. The first kappa shape index (κ1) is 46.8. The molecule has 0 spiro atoms. The molecule has 0 atom stereocenters. The number of urea groups is 1. The van der Waals surface area contributed by atoms with Crippen LogP contribution in [0, 0.1) is 6.92 Å². The summed E-state index contributed by atoms with van der Waals surface area (Å²) in [5, 5.41) is 23.2. The molecule has 6 aromatic carbocycles. The van der Waals surface area contributed by atoms with Gasteiger partial charge in [-0.05, 0) is 96.9 Å². The third-order valence-corrected chi connectivity index (χ3v) is 12.8. The molecule has 1 aromatic heterocycles. The van der Waals surface area contributed by atoms with Crippen molar-refractivity contribution in [2.45, 2.75) is 26.5 Å². The number of primary amides is 1. The van der Waals surface area contributed by atoms with Crippen molar-refractivity contribution >= 4 is 131 Å². The van der Waals surface area contributed by atoms with Crippen LogP contribution in [0.2, 0.25) is 5.28 Å². The highest BCUT2D eigenvalue weighted by Gasteiger charge is 2.23. The molecule has 0 aliphatic rings. The maximum atomic E-state index is 12.2. The number of halogens is 1. The topological polar surface area (TPSA) is 385 Å². The van der Waals surface area contributed by atoms with Gasteiger partial charge in [0.2, 0.25) is 17.2 Å². The van der Waals surface area contributed by atoms with E-state index in [0.29, 0.717) is 11.3 Å². The average Bonchev–Trinajstić information content (AvgIpc) is 3.20. The van der Waals surface area contributed by atoms with E-state index in [9.17, 15) is 56.7 Å². The molecule has 340 valence electrons. The first-order chi connectivity index (χ1) is 30.8. The maximum absolute atomic E-state index is 12.2. The maximum Gasteiger partial charge on any atom is 0.316 e. The summed E-state index contributed by atoms with van der Waals surface area (Å²) in [6, 6.07) is 18.9. The Bertz CT molecular complexity index is 3710. The molecule has 0 radical (unpaired) electrons. The lowest BCUT2D eigenvalue weighted by atomic mass is 10.1. The van der Waals surface area contributed by atoms with Gasteiger partial charge in [-0.15, -0.1) is 5.11 Å². The number of nitrogens with zero attached hydrogens (tertiary/aromatic N) is 7. The molecule has 29 heteroatoms. The van der Waals surface area contributed by atoms with Crippen LogP contribution < -0.4 is 21.7 Å². The van der Waals surface area contributed by atoms with E-state index < -0.39 is 66.1 Å². The Morgan fingerprint density at radius 1 is 0.545 bits per heavy atom. The molecule has 66 heavy (non-hydrogen) atoms. The molecule has 2 amide bonds. The molecule has 0 unspecified atom stereocenters. The van der Waals surface area contributed by atoms with Crippen molar-refractivity contribution in [1.82, 2.24) is 15.0 Å². The Morgan fingerprint density at radius 2 is 0.985 bits per heavy atom. The zero-order valence-electron chi connectivity index (χ0n) is 32.9. The van der Waals surface area contributed by atoms with Crippen molar-refractivity contribution in [3.8, 4) is 0 Å². The summed E-state index contributed by atoms with van der Waals surface area (Å²) >= 11 is 6.21. The minimum atomic E-state index is -4.95. The van der Waals surface area contributed by atoms with E-state index in [1.807, 2.05) is 0 Å². The number of carbonyl (C=O) groups is 1. The van der Waals surface area contributed by atoms with Crippen LogP contribution in [0.15, 0.2) is 137 Å². The van der Waals surface area contributed by atoms with Crippen molar-refractivity contribution in [2.75, 3.05) is 16.0 Å². The second kappa shape index (κ2) is 17.7. The van der Waals surface area contributed by atoms with Gasteiger partial charge < -0.3 is 21.7 Å². The van der Waals surface area contributed by atoms with E-state index in [1.165, 1.54) is 54.6 Å². The van der Waals surface area contributed by atoms with Crippen LogP contribution in [0.25, 0.3) is 21.5 Å². The van der Waals surface area contributed by atoms with Crippen LogP contribution in [0.4, 0.5) is 56.5 Å². The first-order valence-corrected chi connectivity index (χ1v) is 24.1. The van der Waals surface area contributed by atoms with Gasteiger partial charge in [0.25, 0.3) is 40.5 Å². The largest absolute Gasteiger partial charge is 0.351 e. The van der Waals surface area contributed by atoms with Gasteiger partial charge in [0.15, 0.2) is 0 Å². The molecule has 0 aliphatic carbocycles. The smallest absolute Gasteiger partial charge is 0.316 e. The van der Waals surface area contributed by atoms with Gasteiger partial charge in [0.05, 0.1) is 22.7 Å². The van der Waals surface area contributed by atoms with Gasteiger partial charge in [0.1, 0.15) is 25.3 Å². The second-order valence-electron chi connectivity index (χ2n) is 13.6. The molecule has 0 saturated heterocycles. The summed E-state index contributed by atoms with van der Waals surface area (Å²) in [4.78, 5) is 21.7. The molecule has 7 aromatic rings. The summed E-state index contributed by atoms with van der Waals surface area (Å²) in [6.07, 6.45) is 0. The molecule has 9 N–H and O–H groups in total. The zero-order valence-corrected chi connectivity index (χ0v) is 36.9. The number of amides is 2. The summed E-state index contributed by atoms with van der Waals surface area (Å²) < 4.78 is 136. The van der Waals surface area contributed by atoms with Crippen molar-refractivity contribution in [2.24, 2.45) is 26.2 Å². The highest BCUT2D eigenvalue weighted by Crippen LogP contribution is 2.37. The number of fused-ring (bicyclic) bond motifs is 2. The van der Waals surface area contributed by atoms with E-state index in [1.54, 1.807) is 19.1 Å². The van der Waals surface area contributed by atoms with E-state index in [4.69, 9.17) is 17.3 Å². The van der Waals surface area contributed by atoms with Gasteiger partial charge in [0, 0.05) is 32.9 Å². The lowest BCUT2D eigenvalue weighted by molar-refractivity contribution is 0.259. The fourth-order valence-electron chi connectivity index (χ4n) is 6.33. The number of hydrogen-bond acceptors (Lipinski definition) is 18. The van der Waals surface area contributed by atoms with E-state index in [0.717, 1.165) is 30.3 Å². The Kier molecular flexibility index (Phi) is 12.5. The number of nitrogens with one attached hydrogen (secondary N) is 3. The quantitative estimate of drug-likeness (QED) is 0.0401.